The summed E-state index contributed by atoms with van der Waals surface area (Å²) in [6.45, 7) is 2.43. The van der Waals surface area contributed by atoms with Crippen molar-refractivity contribution in [3.05, 3.63) is 47.5 Å². The summed E-state index contributed by atoms with van der Waals surface area (Å²) >= 11 is 0. The third kappa shape index (κ3) is 2.09. The monoisotopic (exact) mass is 187 g/mol. The molecule has 1 atom stereocenters. The minimum Gasteiger partial charge on any atom is -0.303 e. The maximum atomic E-state index is 10.9. The smallest absolute Gasteiger partial charge is 0.157 e. The number of benzene rings is 1. The van der Waals surface area contributed by atoms with Gasteiger partial charge in [-0.15, -0.1) is 0 Å². The lowest BCUT2D eigenvalue weighted by molar-refractivity contribution is -0.113. The quantitative estimate of drug-likeness (QED) is 0.777. The normalized spacial score (nSPS) is 18.9. The number of rotatable bonds is 4. The number of Topliss-reactive ketones (excluding diaryl/α,β-unsaturated/α-hetero) is 1. The van der Waals surface area contributed by atoms with Gasteiger partial charge in [-0.2, -0.15) is 0 Å². The van der Waals surface area contributed by atoms with Crippen molar-refractivity contribution in [1.29, 1.82) is 0 Å². The molecule has 1 unspecified atom stereocenters. The van der Waals surface area contributed by atoms with Gasteiger partial charge in [-0.1, -0.05) is 36.4 Å². The van der Waals surface area contributed by atoms with Crippen molar-refractivity contribution in [2.24, 2.45) is 0 Å². The molecule has 1 aliphatic carbocycles. The zero-order chi connectivity index (χ0) is 9.97. The van der Waals surface area contributed by atoms with E-state index in [1.807, 2.05) is 24.3 Å². The molecule has 0 bridgehead atoms. The van der Waals surface area contributed by atoms with Crippen LogP contribution in [0, 0.1) is 0 Å². The van der Waals surface area contributed by atoms with E-state index in [9.17, 15) is 4.79 Å². The average molecular weight is 187 g/mol. The summed E-state index contributed by atoms with van der Waals surface area (Å²) in [5.41, 5.74) is 2.16. The van der Waals surface area contributed by atoms with E-state index in [0.29, 0.717) is 0 Å². The van der Waals surface area contributed by atoms with Gasteiger partial charge in [-0.05, 0) is 12.5 Å². The van der Waals surface area contributed by atoms with Crippen molar-refractivity contribution in [2.45, 2.75) is 19.5 Å². The third-order valence-corrected chi connectivity index (χ3v) is 2.35. The van der Waals surface area contributed by atoms with Gasteiger partial charge in [0.2, 0.25) is 0 Å². The fraction of sp³-hybridized carbons (Fsp3) is 0.250. The van der Waals surface area contributed by atoms with Crippen LogP contribution in [0.25, 0.3) is 0 Å². The highest BCUT2D eigenvalue weighted by molar-refractivity contribution is 5.99. The van der Waals surface area contributed by atoms with Crippen molar-refractivity contribution in [3.8, 4) is 0 Å². The lowest BCUT2D eigenvalue weighted by Crippen LogP contribution is -2.19. The van der Waals surface area contributed by atoms with E-state index in [-0.39, 0.29) is 11.8 Å². The number of hydrogen-bond donors (Lipinski definition) is 1. The van der Waals surface area contributed by atoms with Crippen molar-refractivity contribution >= 4 is 5.78 Å². The molecule has 0 saturated carbocycles. The van der Waals surface area contributed by atoms with E-state index in [1.54, 1.807) is 6.92 Å². The molecule has 1 N–H and O–H groups in total. The molecule has 1 aromatic rings. The molecule has 0 saturated heterocycles. The molecule has 0 amide bonds. The highest BCUT2D eigenvalue weighted by atomic mass is 16.1. The van der Waals surface area contributed by atoms with Crippen LogP contribution >= 0.6 is 0 Å². The largest absolute Gasteiger partial charge is 0.303 e. The first-order chi connectivity index (χ1) is 6.77. The number of carbonyl (C=O) groups excluding carboxylic acids is 1. The Hall–Kier alpha value is -1.41. The lowest BCUT2D eigenvalue weighted by atomic mass is 10.2. The molecule has 1 aromatic carbocycles. The molecule has 0 radical (unpaired) electrons. The van der Waals surface area contributed by atoms with Crippen LogP contribution in [0.4, 0.5) is 0 Å². The van der Waals surface area contributed by atoms with Gasteiger partial charge in [0, 0.05) is 12.1 Å². The van der Waals surface area contributed by atoms with Crippen LogP contribution in [0.1, 0.15) is 12.5 Å². The highest BCUT2D eigenvalue weighted by Gasteiger charge is 2.27. The van der Waals surface area contributed by atoms with Gasteiger partial charge in [0.05, 0.1) is 6.04 Å². The average Bonchev–Trinajstić information content (AvgIpc) is 2.96. The van der Waals surface area contributed by atoms with Crippen molar-refractivity contribution in [2.75, 3.05) is 0 Å². The minimum atomic E-state index is 0.176. The Kier molecular flexibility index (Phi) is 2.46. The maximum Gasteiger partial charge on any atom is 0.157 e. The molecule has 2 nitrogen and oxygen atoms in total. The number of carbonyl (C=O) groups is 1. The Labute approximate surface area is 83.6 Å². The van der Waals surface area contributed by atoms with E-state index in [4.69, 9.17) is 0 Å². The Morgan fingerprint density at radius 1 is 1.36 bits per heavy atom. The van der Waals surface area contributed by atoms with Crippen LogP contribution in [0.5, 0.6) is 0 Å². The van der Waals surface area contributed by atoms with Crippen LogP contribution in [-0.2, 0) is 11.3 Å². The van der Waals surface area contributed by atoms with Gasteiger partial charge in [-0.25, -0.2) is 0 Å². The summed E-state index contributed by atoms with van der Waals surface area (Å²) in [7, 11) is 0. The predicted octanol–water partition coefficient (Wildman–Crippen LogP) is 1.67. The number of nitrogens with one attached hydrogen (secondary N) is 1. The Balaban J connectivity index is 1.78. The molecule has 2 heteroatoms. The van der Waals surface area contributed by atoms with E-state index in [2.05, 4.69) is 17.4 Å². The van der Waals surface area contributed by atoms with Gasteiger partial charge in [0.25, 0.3) is 0 Å². The zero-order valence-corrected chi connectivity index (χ0v) is 8.16. The van der Waals surface area contributed by atoms with E-state index < -0.39 is 0 Å². The van der Waals surface area contributed by atoms with E-state index >= 15 is 0 Å². The fourth-order valence-corrected chi connectivity index (χ4v) is 1.46. The molecule has 0 spiro atoms. The number of ketones is 1. The van der Waals surface area contributed by atoms with E-state index in [0.717, 1.165) is 12.1 Å². The summed E-state index contributed by atoms with van der Waals surface area (Å²) in [6.07, 6.45) is 1.96. The standard InChI is InChI=1S/C12H13NO/c1-9(14)11-7-12(11)13-8-10-5-3-2-4-6-10/h2-7,12-13H,8H2,1H3. The van der Waals surface area contributed by atoms with E-state index in [1.165, 1.54) is 5.56 Å². The number of hydrogen-bond acceptors (Lipinski definition) is 2. The maximum absolute atomic E-state index is 10.9. The Morgan fingerprint density at radius 2 is 2.07 bits per heavy atom. The summed E-state index contributed by atoms with van der Waals surface area (Å²) in [5, 5.41) is 3.29. The molecule has 0 fully saturated rings. The Bertz CT molecular complexity index is 367. The van der Waals surface area contributed by atoms with Crippen molar-refractivity contribution in [1.82, 2.24) is 5.32 Å². The molecule has 1 aliphatic rings. The third-order valence-electron chi connectivity index (χ3n) is 2.35. The minimum absolute atomic E-state index is 0.176. The van der Waals surface area contributed by atoms with Crippen LogP contribution in [0.3, 0.4) is 0 Å². The predicted molar refractivity (Wildman–Crippen MR) is 55.8 cm³/mol. The molecule has 0 heterocycles. The van der Waals surface area contributed by atoms with Gasteiger partial charge in [0.15, 0.2) is 5.78 Å². The first-order valence-corrected chi connectivity index (χ1v) is 4.77. The second-order valence-corrected chi connectivity index (χ2v) is 3.52. The summed E-state index contributed by atoms with van der Waals surface area (Å²) in [5.74, 6) is 0.176. The van der Waals surface area contributed by atoms with Gasteiger partial charge in [-0.3, -0.25) is 4.79 Å². The molecule has 2 rings (SSSR count). The molecular formula is C12H13NO. The molecule has 0 aromatic heterocycles. The fourth-order valence-electron chi connectivity index (χ4n) is 1.46. The Morgan fingerprint density at radius 3 is 2.64 bits per heavy atom. The van der Waals surface area contributed by atoms with Crippen molar-refractivity contribution in [3.63, 3.8) is 0 Å². The summed E-state index contributed by atoms with van der Waals surface area (Å²) in [6, 6.07) is 10.4. The second-order valence-electron chi connectivity index (χ2n) is 3.52. The van der Waals surface area contributed by atoms with Crippen LogP contribution in [0.15, 0.2) is 42.0 Å². The summed E-state index contributed by atoms with van der Waals surface area (Å²) in [4.78, 5) is 10.9. The van der Waals surface area contributed by atoms with Gasteiger partial charge >= 0.3 is 0 Å². The highest BCUT2D eigenvalue weighted by Crippen LogP contribution is 2.20. The molecule has 14 heavy (non-hydrogen) atoms. The first kappa shape index (κ1) is 9.16. The first-order valence-electron chi connectivity index (χ1n) is 4.77. The summed E-state index contributed by atoms with van der Waals surface area (Å²) < 4.78 is 0. The molecule has 72 valence electrons. The topological polar surface area (TPSA) is 29.1 Å². The second kappa shape index (κ2) is 3.76. The van der Waals surface area contributed by atoms with Crippen molar-refractivity contribution < 1.29 is 4.79 Å². The lowest BCUT2D eigenvalue weighted by Gasteiger charge is -2.03. The van der Waals surface area contributed by atoms with Crippen LogP contribution in [-0.4, -0.2) is 11.8 Å². The van der Waals surface area contributed by atoms with Gasteiger partial charge in [0.1, 0.15) is 0 Å². The van der Waals surface area contributed by atoms with Gasteiger partial charge < -0.3 is 5.32 Å². The molecular weight excluding hydrogens is 174 g/mol. The van der Waals surface area contributed by atoms with Crippen LogP contribution in [0.2, 0.25) is 0 Å². The van der Waals surface area contributed by atoms with Crippen LogP contribution < -0.4 is 5.32 Å². The zero-order valence-electron chi connectivity index (χ0n) is 8.16. The molecule has 0 aliphatic heterocycles. The SMILES string of the molecule is CC(=O)C1=CC1NCc1ccccc1.